The van der Waals surface area contributed by atoms with E-state index in [1.54, 1.807) is 0 Å². The molecule has 0 aliphatic carbocycles. The second-order valence-electron chi connectivity index (χ2n) is 5.98. The maximum Gasteiger partial charge on any atom is 0.220 e. The van der Waals surface area contributed by atoms with Crippen molar-refractivity contribution in [2.75, 3.05) is 31.9 Å². The molecule has 1 saturated heterocycles. The van der Waals surface area contributed by atoms with Crippen LogP contribution < -0.4 is 11.1 Å². The van der Waals surface area contributed by atoms with Crippen LogP contribution in [0.15, 0.2) is 24.3 Å². The topological polar surface area (TPSA) is 78.6 Å². The number of likely N-dealkylation sites (tertiary alicyclic amines) is 1. The Kier molecular flexibility index (Phi) is 6.68. The second kappa shape index (κ2) is 8.76. The SMILES string of the molecule is Nc1ccccc1CCC(=O)NCCCN1CCC(O)CC1. The molecule has 0 aromatic heterocycles. The number of aliphatic hydroxyl groups excluding tert-OH is 1. The molecule has 1 aliphatic heterocycles. The maximum absolute atomic E-state index is 11.8. The minimum Gasteiger partial charge on any atom is -0.399 e. The van der Waals surface area contributed by atoms with Gasteiger partial charge < -0.3 is 21.1 Å². The van der Waals surface area contributed by atoms with Gasteiger partial charge in [0.25, 0.3) is 0 Å². The lowest BCUT2D eigenvalue weighted by Crippen LogP contribution is -2.37. The molecule has 4 N–H and O–H groups in total. The minimum absolute atomic E-state index is 0.0809. The summed E-state index contributed by atoms with van der Waals surface area (Å²) in [6.07, 6.45) is 3.72. The highest BCUT2D eigenvalue weighted by atomic mass is 16.3. The lowest BCUT2D eigenvalue weighted by molar-refractivity contribution is -0.121. The van der Waals surface area contributed by atoms with Crippen molar-refractivity contribution in [2.45, 2.75) is 38.2 Å². The molecule has 0 bridgehead atoms. The summed E-state index contributed by atoms with van der Waals surface area (Å²) in [5.41, 5.74) is 7.65. The molecule has 1 heterocycles. The number of nitrogens with two attached hydrogens (primary N) is 1. The first-order valence-electron chi connectivity index (χ1n) is 8.15. The number of hydrogen-bond donors (Lipinski definition) is 3. The van der Waals surface area contributed by atoms with Crippen molar-refractivity contribution in [3.63, 3.8) is 0 Å². The number of nitrogen functional groups attached to an aromatic ring is 1. The van der Waals surface area contributed by atoms with Crippen LogP contribution in [0.4, 0.5) is 5.69 Å². The summed E-state index contributed by atoms with van der Waals surface area (Å²) in [6.45, 7) is 3.62. The first kappa shape index (κ1) is 16.8. The van der Waals surface area contributed by atoms with Crippen LogP contribution in [0.1, 0.15) is 31.2 Å². The molecule has 5 nitrogen and oxygen atoms in total. The van der Waals surface area contributed by atoms with Gasteiger partial charge in [-0.1, -0.05) is 18.2 Å². The number of carbonyl (C=O) groups is 1. The van der Waals surface area contributed by atoms with Gasteiger partial charge in [-0.3, -0.25) is 4.79 Å². The number of carbonyl (C=O) groups excluding carboxylic acids is 1. The Morgan fingerprint density at radius 3 is 2.77 bits per heavy atom. The van der Waals surface area contributed by atoms with Gasteiger partial charge in [-0.15, -0.1) is 0 Å². The van der Waals surface area contributed by atoms with E-state index in [2.05, 4.69) is 10.2 Å². The molecule has 2 rings (SSSR count). The molecule has 122 valence electrons. The lowest BCUT2D eigenvalue weighted by atomic mass is 10.1. The zero-order valence-corrected chi connectivity index (χ0v) is 13.1. The Morgan fingerprint density at radius 2 is 2.05 bits per heavy atom. The number of benzene rings is 1. The quantitative estimate of drug-likeness (QED) is 0.522. The number of rotatable bonds is 7. The number of hydrogen-bond acceptors (Lipinski definition) is 4. The van der Waals surface area contributed by atoms with Crippen molar-refractivity contribution in [1.82, 2.24) is 10.2 Å². The van der Waals surface area contributed by atoms with E-state index in [0.717, 1.165) is 50.1 Å². The number of para-hydroxylation sites is 1. The van der Waals surface area contributed by atoms with Crippen LogP contribution in [0, 0.1) is 0 Å². The first-order chi connectivity index (χ1) is 10.6. The van der Waals surface area contributed by atoms with Gasteiger partial charge in [-0.25, -0.2) is 0 Å². The van der Waals surface area contributed by atoms with E-state index < -0.39 is 0 Å². The van der Waals surface area contributed by atoms with E-state index in [9.17, 15) is 9.90 Å². The molecular weight excluding hydrogens is 278 g/mol. The van der Waals surface area contributed by atoms with Crippen molar-refractivity contribution in [2.24, 2.45) is 0 Å². The van der Waals surface area contributed by atoms with Crippen LogP contribution >= 0.6 is 0 Å². The van der Waals surface area contributed by atoms with E-state index in [0.29, 0.717) is 19.4 Å². The standard InChI is InChI=1S/C17H27N3O2/c18-16-5-2-1-4-14(16)6-7-17(22)19-10-3-11-20-12-8-15(21)9-13-20/h1-2,4-5,15,21H,3,6-13,18H2,(H,19,22). The van der Waals surface area contributed by atoms with Crippen molar-refractivity contribution >= 4 is 11.6 Å². The smallest absolute Gasteiger partial charge is 0.220 e. The predicted molar refractivity (Wildman–Crippen MR) is 88.5 cm³/mol. The summed E-state index contributed by atoms with van der Waals surface area (Å²) in [6, 6.07) is 7.67. The van der Waals surface area contributed by atoms with Crippen LogP contribution in [0.25, 0.3) is 0 Å². The largest absolute Gasteiger partial charge is 0.399 e. The molecule has 0 atom stereocenters. The van der Waals surface area contributed by atoms with E-state index in [-0.39, 0.29) is 12.0 Å². The molecule has 1 amide bonds. The fourth-order valence-electron chi connectivity index (χ4n) is 2.77. The van der Waals surface area contributed by atoms with Crippen LogP contribution in [-0.2, 0) is 11.2 Å². The summed E-state index contributed by atoms with van der Waals surface area (Å²) in [7, 11) is 0. The van der Waals surface area contributed by atoms with Gasteiger partial charge in [0.1, 0.15) is 0 Å². The van der Waals surface area contributed by atoms with Crippen LogP contribution in [0.2, 0.25) is 0 Å². The molecule has 0 spiro atoms. The predicted octanol–water partition coefficient (Wildman–Crippen LogP) is 1.16. The molecule has 1 aromatic rings. The van der Waals surface area contributed by atoms with Crippen molar-refractivity contribution in [3.05, 3.63) is 29.8 Å². The first-order valence-corrected chi connectivity index (χ1v) is 8.15. The van der Waals surface area contributed by atoms with Crippen LogP contribution in [0.3, 0.4) is 0 Å². The highest BCUT2D eigenvalue weighted by Gasteiger charge is 2.16. The number of piperidine rings is 1. The third-order valence-corrected chi connectivity index (χ3v) is 4.21. The number of aliphatic hydroxyl groups is 1. The average molecular weight is 305 g/mol. The normalized spacial score (nSPS) is 16.6. The molecule has 1 aliphatic rings. The summed E-state index contributed by atoms with van der Waals surface area (Å²) in [5.74, 6) is 0.0809. The molecule has 0 radical (unpaired) electrons. The van der Waals surface area contributed by atoms with Gasteiger partial charge in [0, 0.05) is 31.7 Å². The molecule has 0 unspecified atom stereocenters. The third-order valence-electron chi connectivity index (χ3n) is 4.21. The van der Waals surface area contributed by atoms with E-state index in [1.165, 1.54) is 0 Å². The number of amides is 1. The third kappa shape index (κ3) is 5.66. The average Bonchev–Trinajstić information content (AvgIpc) is 2.52. The van der Waals surface area contributed by atoms with Crippen LogP contribution in [0.5, 0.6) is 0 Å². The van der Waals surface area contributed by atoms with Gasteiger partial charge in [0.15, 0.2) is 0 Å². The summed E-state index contributed by atoms with van der Waals surface area (Å²) in [4.78, 5) is 14.2. The number of nitrogens with one attached hydrogen (secondary N) is 1. The number of anilines is 1. The van der Waals surface area contributed by atoms with E-state index >= 15 is 0 Å². The lowest BCUT2D eigenvalue weighted by Gasteiger charge is -2.29. The van der Waals surface area contributed by atoms with E-state index in [1.807, 2.05) is 24.3 Å². The van der Waals surface area contributed by atoms with Gasteiger partial charge in [0.2, 0.25) is 5.91 Å². The maximum atomic E-state index is 11.8. The Balaban J connectivity index is 1.55. The fraction of sp³-hybridized carbons (Fsp3) is 0.588. The monoisotopic (exact) mass is 305 g/mol. The molecule has 1 aromatic carbocycles. The van der Waals surface area contributed by atoms with E-state index in [4.69, 9.17) is 5.73 Å². The number of aryl methyl sites for hydroxylation is 1. The fourth-order valence-corrected chi connectivity index (χ4v) is 2.77. The van der Waals surface area contributed by atoms with Crippen LogP contribution in [-0.4, -0.2) is 48.2 Å². The summed E-state index contributed by atoms with van der Waals surface area (Å²) >= 11 is 0. The second-order valence-corrected chi connectivity index (χ2v) is 5.98. The Bertz CT molecular complexity index is 471. The van der Waals surface area contributed by atoms with Gasteiger partial charge in [-0.05, 0) is 43.9 Å². The summed E-state index contributed by atoms with van der Waals surface area (Å²) < 4.78 is 0. The molecule has 22 heavy (non-hydrogen) atoms. The Labute approximate surface area is 132 Å². The number of nitrogens with zero attached hydrogens (tertiary/aromatic N) is 1. The van der Waals surface area contributed by atoms with Crippen molar-refractivity contribution in [3.8, 4) is 0 Å². The summed E-state index contributed by atoms with van der Waals surface area (Å²) in [5, 5.41) is 12.4. The van der Waals surface area contributed by atoms with Crippen molar-refractivity contribution in [1.29, 1.82) is 0 Å². The Morgan fingerprint density at radius 1 is 1.32 bits per heavy atom. The van der Waals surface area contributed by atoms with Gasteiger partial charge in [-0.2, -0.15) is 0 Å². The zero-order valence-electron chi connectivity index (χ0n) is 13.1. The highest BCUT2D eigenvalue weighted by molar-refractivity contribution is 5.76. The highest BCUT2D eigenvalue weighted by Crippen LogP contribution is 2.12. The van der Waals surface area contributed by atoms with Crippen molar-refractivity contribution < 1.29 is 9.90 Å². The van der Waals surface area contributed by atoms with Gasteiger partial charge in [0.05, 0.1) is 6.10 Å². The molecule has 0 saturated carbocycles. The molecule has 1 fully saturated rings. The molecular formula is C17H27N3O2. The Hall–Kier alpha value is -1.59. The molecule has 5 heteroatoms. The zero-order chi connectivity index (χ0) is 15.8. The van der Waals surface area contributed by atoms with Gasteiger partial charge >= 0.3 is 0 Å². The minimum atomic E-state index is -0.124.